The van der Waals surface area contributed by atoms with E-state index in [1.807, 2.05) is 0 Å². The number of rotatable bonds is 4. The number of carbonyl (C=O) groups is 1. The average Bonchev–Trinajstić information content (AvgIpc) is 2.49. The van der Waals surface area contributed by atoms with Crippen molar-refractivity contribution in [3.8, 4) is 5.75 Å². The number of hydrogen-bond acceptors (Lipinski definition) is 3. The van der Waals surface area contributed by atoms with Gasteiger partial charge in [0.25, 0.3) is 12.3 Å². The standard InChI is InChI=1S/C15H12F4N2O2/c16-10-5-11(20)9(4-12(10)22)15(23)21-6-7-2-1-3-8(13(7)17)14(18)19/h1-5,14,22H,6,20H2,(H,21,23). The van der Waals surface area contributed by atoms with Crippen LogP contribution in [0.25, 0.3) is 0 Å². The first-order valence-electron chi connectivity index (χ1n) is 6.43. The molecule has 2 rings (SSSR count). The second kappa shape index (κ2) is 6.55. The quantitative estimate of drug-likeness (QED) is 0.458. The van der Waals surface area contributed by atoms with E-state index >= 15 is 0 Å². The molecule has 0 bridgehead atoms. The average molecular weight is 328 g/mol. The number of halogens is 4. The van der Waals surface area contributed by atoms with E-state index in [2.05, 4.69) is 5.32 Å². The van der Waals surface area contributed by atoms with Crippen LogP contribution in [-0.2, 0) is 6.54 Å². The van der Waals surface area contributed by atoms with Crippen LogP contribution in [0.2, 0.25) is 0 Å². The highest BCUT2D eigenvalue weighted by Crippen LogP contribution is 2.25. The maximum Gasteiger partial charge on any atom is 0.266 e. The number of hydrogen-bond donors (Lipinski definition) is 3. The van der Waals surface area contributed by atoms with Gasteiger partial charge in [-0.25, -0.2) is 17.6 Å². The van der Waals surface area contributed by atoms with Crippen molar-refractivity contribution in [1.29, 1.82) is 0 Å². The van der Waals surface area contributed by atoms with Gasteiger partial charge in [0.15, 0.2) is 11.6 Å². The number of phenolic OH excluding ortho intramolecular Hbond substituents is 1. The number of nitrogens with one attached hydrogen (secondary N) is 1. The van der Waals surface area contributed by atoms with E-state index in [9.17, 15) is 27.5 Å². The topological polar surface area (TPSA) is 75.3 Å². The Morgan fingerprint density at radius 2 is 1.96 bits per heavy atom. The zero-order valence-electron chi connectivity index (χ0n) is 11.6. The molecule has 0 atom stereocenters. The molecule has 8 heteroatoms. The number of nitrogens with two attached hydrogens (primary N) is 1. The van der Waals surface area contributed by atoms with E-state index in [4.69, 9.17) is 5.73 Å². The molecule has 2 aromatic carbocycles. The Morgan fingerprint density at radius 1 is 1.26 bits per heavy atom. The number of amides is 1. The highest BCUT2D eigenvalue weighted by atomic mass is 19.3. The minimum absolute atomic E-state index is 0.138. The number of alkyl halides is 2. The van der Waals surface area contributed by atoms with Crippen LogP contribution >= 0.6 is 0 Å². The first-order chi connectivity index (χ1) is 10.8. The van der Waals surface area contributed by atoms with Gasteiger partial charge in [-0.15, -0.1) is 0 Å². The van der Waals surface area contributed by atoms with Crippen molar-refractivity contribution >= 4 is 11.6 Å². The van der Waals surface area contributed by atoms with Gasteiger partial charge in [-0.1, -0.05) is 18.2 Å². The molecule has 1 amide bonds. The molecule has 4 N–H and O–H groups in total. The fourth-order valence-corrected chi connectivity index (χ4v) is 1.95. The van der Waals surface area contributed by atoms with E-state index in [0.29, 0.717) is 0 Å². The van der Waals surface area contributed by atoms with Crippen molar-refractivity contribution in [2.24, 2.45) is 0 Å². The highest BCUT2D eigenvalue weighted by molar-refractivity contribution is 5.99. The van der Waals surface area contributed by atoms with Crippen LogP contribution in [0.1, 0.15) is 27.9 Å². The monoisotopic (exact) mass is 328 g/mol. The van der Waals surface area contributed by atoms with Crippen molar-refractivity contribution < 1.29 is 27.5 Å². The lowest BCUT2D eigenvalue weighted by molar-refractivity contribution is 0.0951. The van der Waals surface area contributed by atoms with Crippen LogP contribution < -0.4 is 11.1 Å². The third kappa shape index (κ3) is 3.53. The van der Waals surface area contributed by atoms with Crippen LogP contribution in [0.4, 0.5) is 23.2 Å². The van der Waals surface area contributed by atoms with Crippen LogP contribution in [0.5, 0.6) is 5.75 Å². The van der Waals surface area contributed by atoms with E-state index in [1.54, 1.807) is 0 Å². The molecule has 0 aliphatic rings. The SMILES string of the molecule is Nc1cc(F)c(O)cc1C(=O)NCc1cccc(C(F)F)c1F. The normalized spacial score (nSPS) is 10.8. The summed E-state index contributed by atoms with van der Waals surface area (Å²) in [6, 6.07) is 5.02. The lowest BCUT2D eigenvalue weighted by Gasteiger charge is -2.11. The molecule has 0 heterocycles. The van der Waals surface area contributed by atoms with Gasteiger partial charge in [0.2, 0.25) is 0 Å². The third-order valence-electron chi connectivity index (χ3n) is 3.15. The molecular formula is C15H12F4N2O2. The van der Waals surface area contributed by atoms with E-state index in [-0.39, 0.29) is 23.4 Å². The van der Waals surface area contributed by atoms with E-state index in [0.717, 1.165) is 18.2 Å². The summed E-state index contributed by atoms with van der Waals surface area (Å²) in [7, 11) is 0. The molecule has 0 aliphatic heterocycles. The highest BCUT2D eigenvalue weighted by Gasteiger charge is 2.18. The molecule has 0 unspecified atom stereocenters. The number of nitrogen functional groups attached to an aromatic ring is 1. The summed E-state index contributed by atoms with van der Waals surface area (Å²) in [6.45, 7) is -0.372. The molecule has 2 aromatic rings. The Bertz CT molecular complexity index is 750. The molecule has 0 spiro atoms. The van der Waals surface area contributed by atoms with Crippen LogP contribution in [-0.4, -0.2) is 11.0 Å². The summed E-state index contributed by atoms with van der Waals surface area (Å²) in [5.41, 5.74) is 4.13. The second-order valence-corrected chi connectivity index (χ2v) is 4.69. The van der Waals surface area contributed by atoms with Crippen molar-refractivity contribution in [2.45, 2.75) is 13.0 Å². The smallest absolute Gasteiger partial charge is 0.266 e. The van der Waals surface area contributed by atoms with E-state index < -0.39 is 35.3 Å². The summed E-state index contributed by atoms with van der Waals surface area (Å²) in [5, 5.41) is 11.5. The Balaban J connectivity index is 2.17. The molecule has 122 valence electrons. The van der Waals surface area contributed by atoms with Crippen molar-refractivity contribution in [3.63, 3.8) is 0 Å². The van der Waals surface area contributed by atoms with Gasteiger partial charge in [0.05, 0.1) is 11.1 Å². The zero-order chi connectivity index (χ0) is 17.1. The summed E-state index contributed by atoms with van der Waals surface area (Å²) in [4.78, 5) is 11.9. The largest absolute Gasteiger partial charge is 0.505 e. The lowest BCUT2D eigenvalue weighted by Crippen LogP contribution is -2.24. The van der Waals surface area contributed by atoms with Crippen LogP contribution in [0.15, 0.2) is 30.3 Å². The van der Waals surface area contributed by atoms with Crippen molar-refractivity contribution in [1.82, 2.24) is 5.32 Å². The van der Waals surface area contributed by atoms with Crippen molar-refractivity contribution in [3.05, 3.63) is 58.7 Å². The molecule has 4 nitrogen and oxygen atoms in total. The summed E-state index contributed by atoms with van der Waals surface area (Å²) in [6.07, 6.45) is -2.98. The number of phenols is 1. The fraction of sp³-hybridized carbons (Fsp3) is 0.133. The summed E-state index contributed by atoms with van der Waals surface area (Å²) < 4.78 is 52.1. The number of anilines is 1. The van der Waals surface area contributed by atoms with Gasteiger partial charge < -0.3 is 16.2 Å². The third-order valence-corrected chi connectivity index (χ3v) is 3.15. The Hall–Kier alpha value is -2.77. The van der Waals surface area contributed by atoms with Gasteiger partial charge >= 0.3 is 0 Å². The van der Waals surface area contributed by atoms with Gasteiger partial charge in [0.1, 0.15) is 5.82 Å². The Kier molecular flexibility index (Phi) is 4.73. The summed E-state index contributed by atoms with van der Waals surface area (Å²) >= 11 is 0. The molecule has 23 heavy (non-hydrogen) atoms. The molecular weight excluding hydrogens is 316 g/mol. The molecule has 0 fully saturated rings. The van der Waals surface area contributed by atoms with Gasteiger partial charge in [-0.2, -0.15) is 0 Å². The number of aromatic hydroxyl groups is 1. The molecule has 0 radical (unpaired) electrons. The van der Waals surface area contributed by atoms with Gasteiger partial charge in [-0.05, 0) is 6.07 Å². The van der Waals surface area contributed by atoms with Crippen molar-refractivity contribution in [2.75, 3.05) is 5.73 Å². The summed E-state index contributed by atoms with van der Waals surface area (Å²) in [5.74, 6) is -3.68. The Labute approximate surface area is 128 Å². The number of carbonyl (C=O) groups excluding carboxylic acids is 1. The minimum Gasteiger partial charge on any atom is -0.505 e. The maximum atomic E-state index is 13.8. The van der Waals surface area contributed by atoms with Crippen LogP contribution in [0.3, 0.4) is 0 Å². The number of benzene rings is 2. The first-order valence-corrected chi connectivity index (χ1v) is 6.43. The zero-order valence-corrected chi connectivity index (χ0v) is 11.6. The maximum absolute atomic E-state index is 13.8. The first kappa shape index (κ1) is 16.6. The van der Waals surface area contributed by atoms with Crippen LogP contribution in [0, 0.1) is 11.6 Å². The Morgan fingerprint density at radius 3 is 2.61 bits per heavy atom. The molecule has 0 saturated heterocycles. The van der Waals surface area contributed by atoms with Gasteiger partial charge in [-0.3, -0.25) is 4.79 Å². The predicted octanol–water partition coefficient (Wildman–Crippen LogP) is 3.12. The molecule has 0 saturated carbocycles. The predicted molar refractivity (Wildman–Crippen MR) is 75.0 cm³/mol. The van der Waals surface area contributed by atoms with Gasteiger partial charge in [0, 0.05) is 23.9 Å². The second-order valence-electron chi connectivity index (χ2n) is 4.69. The lowest BCUT2D eigenvalue weighted by atomic mass is 10.1. The molecule has 0 aromatic heterocycles. The molecule has 0 aliphatic carbocycles. The fourth-order valence-electron chi connectivity index (χ4n) is 1.95. The van der Waals surface area contributed by atoms with E-state index in [1.165, 1.54) is 12.1 Å². The minimum atomic E-state index is -2.98.